The van der Waals surface area contributed by atoms with Gasteiger partial charge in [-0.25, -0.2) is 13.1 Å². The first kappa shape index (κ1) is 17.4. The van der Waals surface area contributed by atoms with Crippen LogP contribution < -0.4 is 10.0 Å². The first-order valence-electron chi connectivity index (χ1n) is 5.95. The summed E-state index contributed by atoms with van der Waals surface area (Å²) in [4.78, 5) is 1.21. The van der Waals surface area contributed by atoms with Crippen LogP contribution in [0.1, 0.15) is 17.7 Å². The van der Waals surface area contributed by atoms with Gasteiger partial charge in [-0.3, -0.25) is 0 Å². The maximum absolute atomic E-state index is 12.1. The average molecular weight is 390 g/mol. The molecule has 1 aromatic rings. The fourth-order valence-corrected chi connectivity index (χ4v) is 5.59. The summed E-state index contributed by atoms with van der Waals surface area (Å²) in [7, 11) is -3.35. The molecule has 0 spiro atoms. The number of aryl methyl sites for hydroxylation is 1. The molecule has 1 aliphatic heterocycles. The van der Waals surface area contributed by atoms with E-state index in [0.29, 0.717) is 17.4 Å². The van der Waals surface area contributed by atoms with Crippen molar-refractivity contribution in [3.05, 3.63) is 14.7 Å². The Bertz CT molecular complexity index is 513. The second-order valence-corrected chi connectivity index (χ2v) is 8.89. The third kappa shape index (κ3) is 4.68. The molecular formula is C11H18BrClN2O2S2. The van der Waals surface area contributed by atoms with E-state index in [4.69, 9.17) is 0 Å². The molecule has 0 aliphatic carbocycles. The number of thiophene rings is 1. The van der Waals surface area contributed by atoms with Crippen LogP contribution in [0.15, 0.2) is 14.7 Å². The Labute approximate surface area is 133 Å². The lowest BCUT2D eigenvalue weighted by Gasteiger charge is -2.09. The zero-order valence-corrected chi connectivity index (χ0v) is 14.6. The molecule has 2 rings (SSSR count). The Hall–Kier alpha value is 0.340. The Morgan fingerprint density at radius 3 is 2.84 bits per heavy atom. The van der Waals surface area contributed by atoms with E-state index in [1.165, 1.54) is 11.3 Å². The topological polar surface area (TPSA) is 58.2 Å². The van der Waals surface area contributed by atoms with Crippen molar-refractivity contribution in [2.75, 3.05) is 19.6 Å². The molecule has 0 radical (unpaired) electrons. The van der Waals surface area contributed by atoms with Crippen LogP contribution in [0.4, 0.5) is 0 Å². The van der Waals surface area contributed by atoms with Crippen molar-refractivity contribution in [1.29, 1.82) is 0 Å². The van der Waals surface area contributed by atoms with Gasteiger partial charge in [0.15, 0.2) is 0 Å². The molecule has 4 nitrogen and oxygen atoms in total. The minimum atomic E-state index is -3.35. The Morgan fingerprint density at radius 1 is 1.58 bits per heavy atom. The number of halogens is 2. The SMILES string of the molecule is Cc1sc(Br)cc1S(=O)(=O)NCCC1CCNC1.Cl. The Balaban J connectivity index is 0.00000180. The van der Waals surface area contributed by atoms with Gasteiger partial charge in [0.25, 0.3) is 0 Å². The van der Waals surface area contributed by atoms with Crippen LogP contribution in [0.2, 0.25) is 0 Å². The molecule has 2 N–H and O–H groups in total. The van der Waals surface area contributed by atoms with E-state index in [-0.39, 0.29) is 12.4 Å². The van der Waals surface area contributed by atoms with Crippen molar-refractivity contribution >= 4 is 49.7 Å². The van der Waals surface area contributed by atoms with Crippen molar-refractivity contribution in [2.45, 2.75) is 24.7 Å². The first-order valence-corrected chi connectivity index (χ1v) is 9.04. The van der Waals surface area contributed by atoms with Gasteiger partial charge in [-0.05, 0) is 60.8 Å². The van der Waals surface area contributed by atoms with E-state index < -0.39 is 10.0 Å². The maximum atomic E-state index is 12.1. The average Bonchev–Trinajstić information content (AvgIpc) is 2.88. The minimum Gasteiger partial charge on any atom is -0.316 e. The summed E-state index contributed by atoms with van der Waals surface area (Å²) >= 11 is 4.76. The predicted octanol–water partition coefficient (Wildman–Crippen LogP) is 2.52. The van der Waals surface area contributed by atoms with Crippen LogP contribution in [0, 0.1) is 12.8 Å². The number of hydrogen-bond donors (Lipinski definition) is 2. The molecule has 0 amide bonds. The van der Waals surface area contributed by atoms with Gasteiger partial charge in [0.05, 0.1) is 8.68 Å². The number of nitrogens with one attached hydrogen (secondary N) is 2. The van der Waals surface area contributed by atoms with Crippen molar-refractivity contribution < 1.29 is 8.42 Å². The van der Waals surface area contributed by atoms with E-state index in [0.717, 1.165) is 34.6 Å². The second-order valence-electron chi connectivity index (χ2n) is 4.52. The van der Waals surface area contributed by atoms with Gasteiger partial charge >= 0.3 is 0 Å². The lowest BCUT2D eigenvalue weighted by Crippen LogP contribution is -2.26. The Kier molecular flexibility index (Phi) is 6.75. The van der Waals surface area contributed by atoms with Crippen LogP contribution in [0.25, 0.3) is 0 Å². The minimum absolute atomic E-state index is 0. The Morgan fingerprint density at radius 2 is 2.32 bits per heavy atom. The smallest absolute Gasteiger partial charge is 0.241 e. The number of sulfonamides is 1. The van der Waals surface area contributed by atoms with Gasteiger partial charge in [0.2, 0.25) is 10.0 Å². The lowest BCUT2D eigenvalue weighted by molar-refractivity contribution is 0.519. The van der Waals surface area contributed by atoms with E-state index >= 15 is 0 Å². The van der Waals surface area contributed by atoms with Crippen LogP contribution in [0.3, 0.4) is 0 Å². The third-order valence-corrected chi connectivity index (χ3v) is 6.41. The molecular weight excluding hydrogens is 372 g/mol. The highest BCUT2D eigenvalue weighted by molar-refractivity contribution is 9.11. The predicted molar refractivity (Wildman–Crippen MR) is 84.8 cm³/mol. The van der Waals surface area contributed by atoms with Gasteiger partial charge in [0, 0.05) is 11.4 Å². The number of hydrogen-bond acceptors (Lipinski definition) is 4. The summed E-state index contributed by atoms with van der Waals surface area (Å²) < 4.78 is 27.7. The standard InChI is InChI=1S/C11H17BrN2O2S2.ClH/c1-8-10(6-11(12)17-8)18(15,16)14-5-3-9-2-4-13-7-9;/h6,9,13-14H,2-5,7H2,1H3;1H. The largest absolute Gasteiger partial charge is 0.316 e. The maximum Gasteiger partial charge on any atom is 0.241 e. The van der Waals surface area contributed by atoms with Crippen LogP contribution in [0.5, 0.6) is 0 Å². The van der Waals surface area contributed by atoms with Crippen molar-refractivity contribution in [2.24, 2.45) is 5.92 Å². The van der Waals surface area contributed by atoms with Crippen LogP contribution >= 0.6 is 39.7 Å². The van der Waals surface area contributed by atoms with Gasteiger partial charge < -0.3 is 5.32 Å². The summed E-state index contributed by atoms with van der Waals surface area (Å²) in [5, 5.41) is 3.28. The van der Waals surface area contributed by atoms with Gasteiger partial charge in [-0.1, -0.05) is 0 Å². The van der Waals surface area contributed by atoms with Gasteiger partial charge in [0.1, 0.15) is 0 Å². The number of rotatable bonds is 5. The molecule has 1 aromatic heterocycles. The summed E-state index contributed by atoms with van der Waals surface area (Å²) in [5.74, 6) is 0.600. The van der Waals surface area contributed by atoms with Crippen molar-refractivity contribution in [3.8, 4) is 0 Å². The van der Waals surface area contributed by atoms with Crippen molar-refractivity contribution in [1.82, 2.24) is 10.0 Å². The highest BCUT2D eigenvalue weighted by Crippen LogP contribution is 2.29. The van der Waals surface area contributed by atoms with E-state index in [9.17, 15) is 8.42 Å². The normalized spacial score (nSPS) is 19.4. The molecule has 1 aliphatic rings. The third-order valence-electron chi connectivity index (χ3n) is 3.14. The van der Waals surface area contributed by atoms with Crippen LogP contribution in [-0.4, -0.2) is 28.1 Å². The molecule has 0 aromatic carbocycles. The lowest BCUT2D eigenvalue weighted by atomic mass is 10.1. The molecule has 8 heteroatoms. The zero-order valence-electron chi connectivity index (χ0n) is 10.6. The first-order chi connectivity index (χ1) is 8.49. The van der Waals surface area contributed by atoms with Gasteiger partial charge in [-0.15, -0.1) is 23.7 Å². The molecule has 110 valence electrons. The zero-order chi connectivity index (χ0) is 13.2. The quantitative estimate of drug-likeness (QED) is 0.813. The van der Waals surface area contributed by atoms with Crippen molar-refractivity contribution in [3.63, 3.8) is 0 Å². The molecule has 1 atom stereocenters. The fourth-order valence-electron chi connectivity index (χ4n) is 2.13. The fraction of sp³-hybridized carbons (Fsp3) is 0.636. The van der Waals surface area contributed by atoms with E-state index in [1.54, 1.807) is 6.07 Å². The summed E-state index contributed by atoms with van der Waals surface area (Å²) in [5.41, 5.74) is 0. The van der Waals surface area contributed by atoms with E-state index in [2.05, 4.69) is 26.0 Å². The molecule has 0 saturated carbocycles. The summed E-state index contributed by atoms with van der Waals surface area (Å²) in [6, 6.07) is 1.67. The molecule has 1 unspecified atom stereocenters. The van der Waals surface area contributed by atoms with Gasteiger partial charge in [-0.2, -0.15) is 0 Å². The second kappa shape index (κ2) is 7.38. The molecule has 2 heterocycles. The molecule has 1 saturated heterocycles. The highest BCUT2D eigenvalue weighted by atomic mass is 79.9. The van der Waals surface area contributed by atoms with Crippen LogP contribution in [-0.2, 0) is 10.0 Å². The monoisotopic (exact) mass is 388 g/mol. The highest BCUT2D eigenvalue weighted by Gasteiger charge is 2.20. The molecule has 19 heavy (non-hydrogen) atoms. The summed E-state index contributed by atoms with van der Waals surface area (Å²) in [6.45, 7) is 4.39. The summed E-state index contributed by atoms with van der Waals surface area (Å²) in [6.07, 6.45) is 2.04. The van der Waals surface area contributed by atoms with E-state index in [1.807, 2.05) is 6.92 Å². The molecule has 0 bridgehead atoms. The molecule has 1 fully saturated rings.